The van der Waals surface area contributed by atoms with Gasteiger partial charge in [-0.1, -0.05) is 26.0 Å². The quantitative estimate of drug-likeness (QED) is 0.767. The molecule has 1 aromatic heterocycles. The largest absolute Gasteiger partial charge is 0.337 e. The van der Waals surface area contributed by atoms with Crippen LogP contribution in [0, 0.1) is 5.92 Å². The Kier molecular flexibility index (Phi) is 6.00. The number of nitrogens with two attached hydrogens (primary N) is 1. The van der Waals surface area contributed by atoms with E-state index in [2.05, 4.69) is 4.72 Å². The number of nitrogens with one attached hydrogen (secondary N) is 1. The highest BCUT2D eigenvalue weighted by Crippen LogP contribution is 2.23. The summed E-state index contributed by atoms with van der Waals surface area (Å²) in [4.78, 5) is 15.5. The molecule has 2 aromatic rings. The van der Waals surface area contributed by atoms with Crippen molar-refractivity contribution >= 4 is 27.3 Å². The molecule has 0 unspecified atom stereocenters. The summed E-state index contributed by atoms with van der Waals surface area (Å²) in [6, 6.07) is 8.41. The zero-order valence-electron chi connectivity index (χ0n) is 15.5. The molecule has 0 aliphatic carbocycles. The van der Waals surface area contributed by atoms with E-state index in [1.807, 2.05) is 31.4 Å². The highest BCUT2D eigenvalue weighted by molar-refractivity contribution is 7.89. The maximum Gasteiger partial charge on any atom is 0.240 e. The van der Waals surface area contributed by atoms with Gasteiger partial charge >= 0.3 is 0 Å². The van der Waals surface area contributed by atoms with Gasteiger partial charge in [0.1, 0.15) is 0 Å². The summed E-state index contributed by atoms with van der Waals surface area (Å²) in [6.45, 7) is 5.17. The van der Waals surface area contributed by atoms with Crippen molar-refractivity contribution in [3.05, 3.63) is 51.7 Å². The molecule has 8 heteroatoms. The fraction of sp³-hybridized carbons (Fsp3) is 0.421. The number of carbonyl (C=O) groups excluding carboxylic acids is 1. The van der Waals surface area contributed by atoms with Crippen LogP contribution in [-0.2, 0) is 34.3 Å². The van der Waals surface area contributed by atoms with Crippen molar-refractivity contribution in [3.63, 3.8) is 0 Å². The van der Waals surface area contributed by atoms with E-state index in [-0.39, 0.29) is 23.3 Å². The normalized spacial score (nSPS) is 15.6. The summed E-state index contributed by atoms with van der Waals surface area (Å²) < 4.78 is 27.8. The Balaban J connectivity index is 1.72. The number of thiophene rings is 1. The average molecular weight is 408 g/mol. The number of benzene rings is 1. The lowest BCUT2D eigenvalue weighted by atomic mass is 9.97. The number of hydrogen-bond acceptors (Lipinski definition) is 5. The molecule has 0 fully saturated rings. The highest BCUT2D eigenvalue weighted by atomic mass is 32.2. The van der Waals surface area contributed by atoms with Crippen LogP contribution >= 0.6 is 11.3 Å². The molecule has 6 nitrogen and oxygen atoms in total. The third-order valence-electron chi connectivity index (χ3n) is 4.83. The molecule has 1 aliphatic rings. The summed E-state index contributed by atoms with van der Waals surface area (Å²) in [7, 11) is -3.57. The molecule has 0 spiro atoms. The van der Waals surface area contributed by atoms with Gasteiger partial charge in [0, 0.05) is 24.5 Å². The number of nitrogens with zero attached hydrogens (tertiary/aromatic N) is 1. The van der Waals surface area contributed by atoms with Crippen molar-refractivity contribution in [2.45, 2.75) is 44.3 Å². The highest BCUT2D eigenvalue weighted by Gasteiger charge is 2.27. The Bertz CT molecular complexity index is 908. The molecule has 1 aliphatic heterocycles. The van der Waals surface area contributed by atoms with Gasteiger partial charge in [0.05, 0.1) is 10.9 Å². The fourth-order valence-corrected chi connectivity index (χ4v) is 4.84. The van der Waals surface area contributed by atoms with E-state index in [9.17, 15) is 13.2 Å². The number of sulfonamides is 1. The third-order valence-corrected chi connectivity index (χ3v) is 7.11. The van der Waals surface area contributed by atoms with Crippen LogP contribution in [0.4, 0.5) is 0 Å². The summed E-state index contributed by atoms with van der Waals surface area (Å²) >= 11 is 1.51. The van der Waals surface area contributed by atoms with Crippen molar-refractivity contribution in [1.29, 1.82) is 0 Å². The van der Waals surface area contributed by atoms with Crippen LogP contribution in [-0.4, -0.2) is 31.8 Å². The summed E-state index contributed by atoms with van der Waals surface area (Å²) in [5, 5.41) is 1.92. The first-order valence-electron chi connectivity index (χ1n) is 8.96. The Hall–Kier alpha value is -1.74. The Labute approximate surface area is 164 Å². The minimum absolute atomic E-state index is 0.0510. The van der Waals surface area contributed by atoms with Crippen LogP contribution in [0.3, 0.4) is 0 Å². The minimum Gasteiger partial charge on any atom is -0.337 e. The zero-order chi connectivity index (χ0) is 19.6. The smallest absolute Gasteiger partial charge is 0.240 e. The predicted octanol–water partition coefficient (Wildman–Crippen LogP) is 2.09. The van der Waals surface area contributed by atoms with Crippen molar-refractivity contribution in [2.24, 2.45) is 11.7 Å². The predicted molar refractivity (Wildman–Crippen MR) is 107 cm³/mol. The van der Waals surface area contributed by atoms with Crippen molar-refractivity contribution < 1.29 is 13.2 Å². The number of rotatable bonds is 6. The molecule has 2 heterocycles. The number of hydrogen-bond donors (Lipinski definition) is 2. The second-order valence-electron chi connectivity index (χ2n) is 7.11. The molecule has 1 amide bonds. The van der Waals surface area contributed by atoms with E-state index in [0.717, 1.165) is 16.0 Å². The van der Waals surface area contributed by atoms with Crippen molar-refractivity contribution in [1.82, 2.24) is 9.62 Å². The molecule has 27 heavy (non-hydrogen) atoms. The average Bonchev–Trinajstić information content (AvgIpc) is 3.18. The van der Waals surface area contributed by atoms with Gasteiger partial charge in [-0.05, 0) is 47.0 Å². The molecule has 3 N–H and O–H groups in total. The van der Waals surface area contributed by atoms with Crippen molar-refractivity contribution in [3.8, 4) is 0 Å². The van der Waals surface area contributed by atoms with Gasteiger partial charge in [0.25, 0.3) is 0 Å². The summed E-state index contributed by atoms with van der Waals surface area (Å²) in [5.74, 6) is 0.0331. The van der Waals surface area contributed by atoms with Crippen LogP contribution in [0.15, 0.2) is 40.6 Å². The van der Waals surface area contributed by atoms with E-state index < -0.39 is 16.1 Å². The van der Waals surface area contributed by atoms with Crippen LogP contribution in [0.2, 0.25) is 0 Å². The monoisotopic (exact) mass is 407 g/mol. The first-order chi connectivity index (χ1) is 12.8. The molecule has 0 radical (unpaired) electrons. The van der Waals surface area contributed by atoms with E-state index in [1.54, 1.807) is 23.1 Å². The van der Waals surface area contributed by atoms with Crippen LogP contribution in [0.5, 0.6) is 0 Å². The third kappa shape index (κ3) is 4.57. The van der Waals surface area contributed by atoms with Gasteiger partial charge in [-0.15, -0.1) is 11.3 Å². The molecule has 1 aromatic carbocycles. The lowest BCUT2D eigenvalue weighted by Crippen LogP contribution is -2.48. The second-order valence-corrected chi connectivity index (χ2v) is 9.91. The maximum atomic E-state index is 12.6. The van der Waals surface area contributed by atoms with E-state index in [4.69, 9.17) is 5.73 Å². The lowest BCUT2D eigenvalue weighted by Gasteiger charge is -2.32. The Morgan fingerprint density at radius 2 is 2.07 bits per heavy atom. The Morgan fingerprint density at radius 1 is 1.30 bits per heavy atom. The maximum absolute atomic E-state index is 12.6. The van der Waals surface area contributed by atoms with Crippen LogP contribution in [0.1, 0.15) is 29.9 Å². The molecule has 0 saturated heterocycles. The molecule has 3 rings (SSSR count). The van der Waals surface area contributed by atoms with Gasteiger partial charge in [-0.25, -0.2) is 13.1 Å². The first-order valence-corrected chi connectivity index (χ1v) is 11.3. The fourth-order valence-electron chi connectivity index (χ4n) is 3.04. The number of amides is 1. The van der Waals surface area contributed by atoms with Gasteiger partial charge < -0.3 is 10.6 Å². The molecule has 0 bridgehead atoms. The van der Waals surface area contributed by atoms with Gasteiger partial charge in [0.15, 0.2) is 0 Å². The number of carbonyl (C=O) groups is 1. The molecule has 0 saturated carbocycles. The van der Waals surface area contributed by atoms with Crippen LogP contribution < -0.4 is 10.5 Å². The molecule has 146 valence electrons. The minimum atomic E-state index is -3.57. The second kappa shape index (κ2) is 8.10. The molecular formula is C19H25N3O3S2. The van der Waals surface area contributed by atoms with Gasteiger partial charge in [-0.3, -0.25) is 4.79 Å². The summed E-state index contributed by atoms with van der Waals surface area (Å²) in [5.41, 5.74) is 7.93. The van der Waals surface area contributed by atoms with Gasteiger partial charge in [0.2, 0.25) is 15.9 Å². The van der Waals surface area contributed by atoms with Crippen LogP contribution in [0.25, 0.3) is 0 Å². The van der Waals surface area contributed by atoms with Crippen molar-refractivity contribution in [2.75, 3.05) is 6.54 Å². The molecular weight excluding hydrogens is 382 g/mol. The molecule has 1 atom stereocenters. The van der Waals surface area contributed by atoms with E-state index in [1.165, 1.54) is 11.3 Å². The van der Waals surface area contributed by atoms with Gasteiger partial charge in [-0.2, -0.15) is 0 Å². The van der Waals surface area contributed by atoms with E-state index in [0.29, 0.717) is 19.5 Å². The SMILES string of the molecule is CC(C)[C@@H](N)C(=O)N1CCc2cc(S(=O)(=O)NCc3cccs3)ccc2C1. The van der Waals surface area contributed by atoms with E-state index >= 15 is 0 Å². The lowest BCUT2D eigenvalue weighted by molar-refractivity contribution is -0.134. The Morgan fingerprint density at radius 3 is 2.74 bits per heavy atom. The standard InChI is InChI=1S/C19H25N3O3S2/c1-13(2)18(20)19(23)22-8-7-14-10-17(6-5-15(14)12-22)27(24,25)21-11-16-4-3-9-26-16/h3-6,9-10,13,18,21H,7-8,11-12,20H2,1-2H3/t18-/m1/s1. The topological polar surface area (TPSA) is 92.5 Å². The summed E-state index contributed by atoms with van der Waals surface area (Å²) in [6.07, 6.45) is 0.625. The zero-order valence-corrected chi connectivity index (χ0v) is 17.1. The first kappa shape index (κ1) is 20.0. The number of fused-ring (bicyclic) bond motifs is 1.